The molecule has 0 spiro atoms. The molecule has 0 bridgehead atoms. The maximum Gasteiger partial charge on any atom is 0.330 e. The van der Waals surface area contributed by atoms with E-state index in [0.29, 0.717) is 13.0 Å². The third kappa shape index (κ3) is 3.05. The summed E-state index contributed by atoms with van der Waals surface area (Å²) in [6.45, 7) is 0.610. The van der Waals surface area contributed by atoms with Crippen molar-refractivity contribution in [3.8, 4) is 0 Å². The Kier molecular flexibility index (Phi) is 4.12. The lowest BCUT2D eigenvalue weighted by Gasteiger charge is -2.15. The highest BCUT2D eigenvalue weighted by molar-refractivity contribution is 5.73. The molecule has 0 aromatic heterocycles. The molecule has 2 N–H and O–H groups in total. The molecule has 1 aliphatic heterocycles. The molecule has 0 radical (unpaired) electrons. The van der Waals surface area contributed by atoms with E-state index >= 15 is 0 Å². The topological polar surface area (TPSA) is 61.5 Å². The van der Waals surface area contributed by atoms with Gasteiger partial charge < -0.3 is 9.57 Å². The summed E-state index contributed by atoms with van der Waals surface area (Å²) in [7, 11) is 0. The Morgan fingerprint density at radius 3 is 2.88 bits per heavy atom. The SMILES string of the molecule is NOC(=O)C1CCO[C@H]1CCc1ccccc1. The molecule has 2 atom stereocenters. The lowest BCUT2D eigenvalue weighted by molar-refractivity contribution is -0.151. The van der Waals surface area contributed by atoms with Crippen LogP contribution in [0.15, 0.2) is 30.3 Å². The number of carbonyl (C=O) groups is 1. The van der Waals surface area contributed by atoms with Gasteiger partial charge in [0.1, 0.15) is 0 Å². The molecule has 92 valence electrons. The average molecular weight is 235 g/mol. The van der Waals surface area contributed by atoms with Crippen molar-refractivity contribution in [1.82, 2.24) is 0 Å². The van der Waals surface area contributed by atoms with Gasteiger partial charge >= 0.3 is 5.97 Å². The van der Waals surface area contributed by atoms with Crippen molar-refractivity contribution < 1.29 is 14.4 Å². The number of hydrogen-bond donors (Lipinski definition) is 1. The highest BCUT2D eigenvalue weighted by atomic mass is 16.7. The van der Waals surface area contributed by atoms with Crippen molar-refractivity contribution in [1.29, 1.82) is 0 Å². The van der Waals surface area contributed by atoms with Crippen molar-refractivity contribution in [2.24, 2.45) is 11.8 Å². The van der Waals surface area contributed by atoms with E-state index in [1.165, 1.54) is 5.56 Å². The third-order valence-corrected chi connectivity index (χ3v) is 3.19. The second kappa shape index (κ2) is 5.80. The van der Waals surface area contributed by atoms with E-state index in [4.69, 9.17) is 10.6 Å². The van der Waals surface area contributed by atoms with E-state index < -0.39 is 0 Å². The van der Waals surface area contributed by atoms with Gasteiger partial charge in [0.2, 0.25) is 0 Å². The Labute approximate surface area is 101 Å². The zero-order valence-electron chi connectivity index (χ0n) is 9.67. The predicted octanol–water partition coefficient (Wildman–Crippen LogP) is 1.44. The van der Waals surface area contributed by atoms with Crippen LogP contribution >= 0.6 is 0 Å². The van der Waals surface area contributed by atoms with Crippen LogP contribution in [0.4, 0.5) is 0 Å². The summed E-state index contributed by atoms with van der Waals surface area (Å²) in [5, 5.41) is 0. The molecule has 1 aromatic rings. The standard InChI is InChI=1S/C13H17NO3/c14-17-13(15)11-8-9-16-12(11)7-6-10-4-2-1-3-5-10/h1-5,11-12H,6-9,14H2/t11?,12-/m0/s1. The molecular weight excluding hydrogens is 218 g/mol. The van der Waals surface area contributed by atoms with Crippen molar-refractivity contribution in [2.45, 2.75) is 25.4 Å². The smallest absolute Gasteiger partial charge is 0.330 e. The molecule has 4 heteroatoms. The number of benzene rings is 1. The largest absolute Gasteiger partial charge is 0.377 e. The molecule has 1 fully saturated rings. The Morgan fingerprint density at radius 1 is 1.41 bits per heavy atom. The van der Waals surface area contributed by atoms with Gasteiger partial charge in [0, 0.05) is 6.61 Å². The summed E-state index contributed by atoms with van der Waals surface area (Å²) >= 11 is 0. The van der Waals surface area contributed by atoms with Gasteiger partial charge in [0.25, 0.3) is 0 Å². The Bertz CT molecular complexity index is 366. The van der Waals surface area contributed by atoms with E-state index in [9.17, 15) is 4.79 Å². The molecule has 0 aliphatic carbocycles. The molecule has 2 rings (SSSR count). The highest BCUT2D eigenvalue weighted by Crippen LogP contribution is 2.25. The van der Waals surface area contributed by atoms with Crippen molar-refractivity contribution in [2.75, 3.05) is 6.61 Å². The quantitative estimate of drug-likeness (QED) is 0.802. The maximum atomic E-state index is 11.4. The Hall–Kier alpha value is -1.39. The monoisotopic (exact) mass is 235 g/mol. The van der Waals surface area contributed by atoms with Gasteiger partial charge in [-0.25, -0.2) is 4.79 Å². The van der Waals surface area contributed by atoms with Gasteiger partial charge in [-0.05, 0) is 24.8 Å². The second-order valence-corrected chi connectivity index (χ2v) is 4.27. The molecule has 1 aliphatic rings. The van der Waals surface area contributed by atoms with Gasteiger partial charge in [-0.2, -0.15) is 5.90 Å². The van der Waals surface area contributed by atoms with E-state index in [1.54, 1.807) is 0 Å². The van der Waals surface area contributed by atoms with Crippen LogP contribution in [0.5, 0.6) is 0 Å². The van der Waals surface area contributed by atoms with Crippen LogP contribution in [0, 0.1) is 5.92 Å². The zero-order chi connectivity index (χ0) is 12.1. The van der Waals surface area contributed by atoms with Gasteiger partial charge in [0.05, 0.1) is 12.0 Å². The summed E-state index contributed by atoms with van der Waals surface area (Å²) in [4.78, 5) is 15.7. The lowest BCUT2D eigenvalue weighted by Crippen LogP contribution is -2.28. The molecule has 1 aromatic carbocycles. The van der Waals surface area contributed by atoms with Gasteiger partial charge in [-0.15, -0.1) is 0 Å². The van der Waals surface area contributed by atoms with E-state index in [-0.39, 0.29) is 18.0 Å². The fraction of sp³-hybridized carbons (Fsp3) is 0.462. The van der Waals surface area contributed by atoms with Crippen molar-refractivity contribution in [3.63, 3.8) is 0 Å². The molecule has 4 nitrogen and oxygen atoms in total. The summed E-state index contributed by atoms with van der Waals surface area (Å²) < 4.78 is 5.55. The molecule has 1 heterocycles. The van der Waals surface area contributed by atoms with Crippen LogP contribution in [0.1, 0.15) is 18.4 Å². The van der Waals surface area contributed by atoms with Crippen LogP contribution in [0.3, 0.4) is 0 Å². The summed E-state index contributed by atoms with van der Waals surface area (Å²) in [6, 6.07) is 10.2. The van der Waals surface area contributed by atoms with E-state index in [2.05, 4.69) is 17.0 Å². The average Bonchev–Trinajstić information content (AvgIpc) is 2.85. The minimum atomic E-state index is -0.361. The fourth-order valence-electron chi connectivity index (χ4n) is 2.24. The summed E-state index contributed by atoms with van der Waals surface area (Å²) in [5.74, 6) is 4.35. The first-order valence-corrected chi connectivity index (χ1v) is 5.87. The van der Waals surface area contributed by atoms with Gasteiger partial charge in [-0.3, -0.25) is 0 Å². The van der Waals surface area contributed by atoms with Crippen molar-refractivity contribution in [3.05, 3.63) is 35.9 Å². The number of aryl methyl sites for hydroxylation is 1. The first-order chi connectivity index (χ1) is 8.31. The lowest BCUT2D eigenvalue weighted by atomic mass is 9.96. The number of ether oxygens (including phenoxy) is 1. The Morgan fingerprint density at radius 2 is 2.18 bits per heavy atom. The molecular formula is C13H17NO3. The second-order valence-electron chi connectivity index (χ2n) is 4.27. The fourth-order valence-corrected chi connectivity index (χ4v) is 2.24. The minimum Gasteiger partial charge on any atom is -0.377 e. The minimum absolute atomic E-state index is 0.0637. The number of carbonyl (C=O) groups excluding carboxylic acids is 1. The van der Waals surface area contributed by atoms with Crippen LogP contribution in [-0.2, 0) is 20.8 Å². The van der Waals surface area contributed by atoms with Crippen LogP contribution in [0.25, 0.3) is 0 Å². The molecule has 17 heavy (non-hydrogen) atoms. The number of nitrogens with two attached hydrogens (primary N) is 1. The van der Waals surface area contributed by atoms with E-state index in [0.717, 1.165) is 12.8 Å². The van der Waals surface area contributed by atoms with Gasteiger partial charge in [-0.1, -0.05) is 30.3 Å². The molecule has 0 amide bonds. The maximum absolute atomic E-state index is 11.4. The number of hydrogen-bond acceptors (Lipinski definition) is 4. The normalized spacial score (nSPS) is 23.6. The molecule has 1 saturated heterocycles. The van der Waals surface area contributed by atoms with Crippen LogP contribution in [-0.4, -0.2) is 18.7 Å². The Balaban J connectivity index is 1.88. The summed E-state index contributed by atoms with van der Waals surface area (Å²) in [5.41, 5.74) is 1.25. The predicted molar refractivity (Wildman–Crippen MR) is 62.9 cm³/mol. The van der Waals surface area contributed by atoms with Gasteiger partial charge in [0.15, 0.2) is 0 Å². The van der Waals surface area contributed by atoms with Crippen LogP contribution < -0.4 is 5.90 Å². The van der Waals surface area contributed by atoms with Crippen LogP contribution in [0.2, 0.25) is 0 Å². The first kappa shape index (κ1) is 12.1. The third-order valence-electron chi connectivity index (χ3n) is 3.19. The molecule has 0 saturated carbocycles. The zero-order valence-corrected chi connectivity index (χ0v) is 9.67. The molecule has 1 unspecified atom stereocenters. The van der Waals surface area contributed by atoms with Crippen molar-refractivity contribution >= 4 is 5.97 Å². The van der Waals surface area contributed by atoms with E-state index in [1.807, 2.05) is 18.2 Å². The first-order valence-electron chi connectivity index (χ1n) is 5.87. The number of rotatable bonds is 4. The summed E-state index contributed by atoms with van der Waals surface area (Å²) in [6.07, 6.45) is 2.37. The highest BCUT2D eigenvalue weighted by Gasteiger charge is 2.34.